The van der Waals surface area contributed by atoms with Gasteiger partial charge in [-0.3, -0.25) is 9.69 Å². The maximum absolute atomic E-state index is 13.3. The first-order chi connectivity index (χ1) is 13.4. The number of rotatable bonds is 3. The van der Waals surface area contributed by atoms with Crippen LogP contribution in [0.5, 0.6) is 0 Å². The van der Waals surface area contributed by atoms with Gasteiger partial charge in [-0.2, -0.15) is 0 Å². The molecule has 3 aliphatic rings. The Hall–Kier alpha value is -1.99. The molecule has 6 nitrogen and oxygen atoms in total. The number of morpholine rings is 1. The molecule has 28 heavy (non-hydrogen) atoms. The van der Waals surface area contributed by atoms with Crippen molar-refractivity contribution in [1.29, 1.82) is 0 Å². The number of carbonyl (C=O) groups is 2. The lowest BCUT2D eigenvalue weighted by Gasteiger charge is -2.42. The molecule has 3 fully saturated rings. The number of hydrogen-bond acceptors (Lipinski definition) is 4. The van der Waals surface area contributed by atoms with Crippen LogP contribution in [0.1, 0.15) is 44.8 Å². The number of halogens is 1. The van der Waals surface area contributed by atoms with Gasteiger partial charge in [0.05, 0.1) is 19.4 Å². The maximum atomic E-state index is 13.3. The highest BCUT2D eigenvalue weighted by molar-refractivity contribution is 6.07. The van der Waals surface area contributed by atoms with Crippen LogP contribution in [-0.4, -0.2) is 53.6 Å². The van der Waals surface area contributed by atoms with Crippen LogP contribution in [0.3, 0.4) is 0 Å². The van der Waals surface area contributed by atoms with Crippen LogP contribution in [0.15, 0.2) is 24.3 Å². The van der Waals surface area contributed by atoms with Crippen LogP contribution in [0.4, 0.5) is 9.18 Å². The zero-order chi connectivity index (χ0) is 19.9. The number of urea groups is 1. The number of benzene rings is 1. The molecular formula is C21H28FN3O3. The standard InChI is InChI=1S/C21H28FN3O3/c1-14-4-3-5-15(2)21(14)19(26)25(20(27)23-21)13-24-10-11-28-18(12-24)16-6-8-17(22)9-7-16/h6-9,14-15,18H,3-5,10-13H2,1-2H3,(H,23,27). The highest BCUT2D eigenvalue weighted by Gasteiger charge is 2.58. The Labute approximate surface area is 165 Å². The third-order valence-corrected chi connectivity index (χ3v) is 6.72. The summed E-state index contributed by atoms with van der Waals surface area (Å²) >= 11 is 0. The van der Waals surface area contributed by atoms with E-state index < -0.39 is 5.54 Å². The van der Waals surface area contributed by atoms with Crippen molar-refractivity contribution in [2.24, 2.45) is 11.8 Å². The fourth-order valence-corrected chi connectivity index (χ4v) is 4.99. The Kier molecular flexibility index (Phi) is 5.14. The molecule has 1 saturated carbocycles. The number of imide groups is 1. The molecule has 1 aromatic carbocycles. The minimum atomic E-state index is -0.766. The third-order valence-electron chi connectivity index (χ3n) is 6.72. The van der Waals surface area contributed by atoms with Gasteiger partial charge in [-0.25, -0.2) is 14.1 Å². The Balaban J connectivity index is 1.47. The SMILES string of the molecule is CC1CCCC(C)C12NC(=O)N(CN1CCOC(c3ccc(F)cc3)C1)C2=O. The number of carbonyl (C=O) groups excluding carboxylic acids is 2. The fourth-order valence-electron chi connectivity index (χ4n) is 4.99. The summed E-state index contributed by atoms with van der Waals surface area (Å²) < 4.78 is 19.0. The van der Waals surface area contributed by atoms with Gasteiger partial charge in [0, 0.05) is 13.1 Å². The van der Waals surface area contributed by atoms with Gasteiger partial charge in [0.25, 0.3) is 5.91 Å². The van der Waals surface area contributed by atoms with Crippen molar-refractivity contribution in [3.63, 3.8) is 0 Å². The number of hydrogen-bond donors (Lipinski definition) is 1. The van der Waals surface area contributed by atoms with Crippen molar-refractivity contribution >= 4 is 11.9 Å². The van der Waals surface area contributed by atoms with E-state index in [4.69, 9.17) is 4.74 Å². The second-order valence-corrected chi connectivity index (χ2v) is 8.39. The molecule has 1 aromatic rings. The van der Waals surface area contributed by atoms with E-state index in [2.05, 4.69) is 24.1 Å². The summed E-state index contributed by atoms with van der Waals surface area (Å²) in [4.78, 5) is 29.5. The summed E-state index contributed by atoms with van der Waals surface area (Å²) in [6, 6.07) is 5.99. The first kappa shape index (κ1) is 19.3. The average molecular weight is 389 g/mol. The molecule has 0 aromatic heterocycles. The molecule has 1 N–H and O–H groups in total. The number of nitrogens with one attached hydrogen (secondary N) is 1. The largest absolute Gasteiger partial charge is 0.371 e. The molecule has 3 atom stereocenters. The topological polar surface area (TPSA) is 61.9 Å². The van der Waals surface area contributed by atoms with Crippen molar-refractivity contribution in [2.45, 2.75) is 44.8 Å². The molecule has 3 amide bonds. The Bertz CT molecular complexity index is 744. The minimum Gasteiger partial charge on any atom is -0.371 e. The number of amides is 3. The Morgan fingerprint density at radius 3 is 2.54 bits per heavy atom. The van der Waals surface area contributed by atoms with Crippen molar-refractivity contribution in [2.75, 3.05) is 26.4 Å². The third kappa shape index (κ3) is 3.20. The lowest BCUT2D eigenvalue weighted by atomic mass is 9.67. The van der Waals surface area contributed by atoms with Gasteiger partial charge in [-0.05, 0) is 42.4 Å². The lowest BCUT2D eigenvalue weighted by Crippen LogP contribution is -2.59. The van der Waals surface area contributed by atoms with E-state index in [-0.39, 0.29) is 42.4 Å². The molecule has 7 heteroatoms. The number of nitrogens with zero attached hydrogens (tertiary/aromatic N) is 2. The Morgan fingerprint density at radius 1 is 1.18 bits per heavy atom. The summed E-state index contributed by atoms with van der Waals surface area (Å²) in [7, 11) is 0. The first-order valence-electron chi connectivity index (χ1n) is 10.2. The molecule has 1 aliphatic carbocycles. The monoisotopic (exact) mass is 389 g/mol. The zero-order valence-electron chi connectivity index (χ0n) is 16.5. The first-order valence-corrected chi connectivity index (χ1v) is 10.2. The average Bonchev–Trinajstić information content (AvgIpc) is 2.93. The smallest absolute Gasteiger partial charge is 0.326 e. The minimum absolute atomic E-state index is 0.0953. The van der Waals surface area contributed by atoms with Crippen LogP contribution in [0.2, 0.25) is 0 Å². The maximum Gasteiger partial charge on any atom is 0.326 e. The van der Waals surface area contributed by atoms with E-state index in [1.165, 1.54) is 17.0 Å². The molecule has 3 unspecified atom stereocenters. The molecule has 4 rings (SSSR count). The molecule has 1 spiro atoms. The predicted octanol–water partition coefficient (Wildman–Crippen LogP) is 2.90. The highest BCUT2D eigenvalue weighted by Crippen LogP contribution is 2.42. The summed E-state index contributed by atoms with van der Waals surface area (Å²) in [5.41, 5.74) is 0.132. The van der Waals surface area contributed by atoms with Gasteiger partial charge in [-0.1, -0.05) is 32.4 Å². The van der Waals surface area contributed by atoms with Crippen LogP contribution in [0.25, 0.3) is 0 Å². The van der Waals surface area contributed by atoms with E-state index in [1.807, 2.05) is 0 Å². The summed E-state index contributed by atoms with van der Waals surface area (Å²) in [6.07, 6.45) is 2.80. The zero-order valence-corrected chi connectivity index (χ0v) is 16.5. The van der Waals surface area contributed by atoms with Crippen LogP contribution < -0.4 is 5.32 Å². The van der Waals surface area contributed by atoms with Gasteiger partial charge < -0.3 is 10.1 Å². The molecule has 2 aliphatic heterocycles. The van der Waals surface area contributed by atoms with E-state index >= 15 is 0 Å². The second kappa shape index (κ2) is 7.44. The van der Waals surface area contributed by atoms with Crippen LogP contribution in [-0.2, 0) is 9.53 Å². The van der Waals surface area contributed by atoms with Gasteiger partial charge in [0.15, 0.2) is 0 Å². The van der Waals surface area contributed by atoms with Gasteiger partial charge in [-0.15, -0.1) is 0 Å². The van der Waals surface area contributed by atoms with E-state index in [1.54, 1.807) is 12.1 Å². The molecule has 2 heterocycles. The summed E-state index contributed by atoms with van der Waals surface area (Å²) in [5, 5.41) is 3.05. The fraction of sp³-hybridized carbons (Fsp3) is 0.619. The molecule has 2 saturated heterocycles. The number of ether oxygens (including phenoxy) is 1. The molecule has 152 valence electrons. The van der Waals surface area contributed by atoms with Gasteiger partial charge >= 0.3 is 6.03 Å². The normalized spacial score (nSPS) is 34.1. The van der Waals surface area contributed by atoms with E-state index in [0.29, 0.717) is 19.7 Å². The van der Waals surface area contributed by atoms with E-state index in [0.717, 1.165) is 24.8 Å². The van der Waals surface area contributed by atoms with Crippen molar-refractivity contribution in [3.8, 4) is 0 Å². The van der Waals surface area contributed by atoms with Gasteiger partial charge in [0.1, 0.15) is 11.4 Å². The van der Waals surface area contributed by atoms with Gasteiger partial charge in [0.2, 0.25) is 0 Å². The van der Waals surface area contributed by atoms with Crippen LogP contribution >= 0.6 is 0 Å². The van der Waals surface area contributed by atoms with Crippen molar-refractivity contribution < 1.29 is 18.7 Å². The van der Waals surface area contributed by atoms with Crippen molar-refractivity contribution in [1.82, 2.24) is 15.1 Å². The molecule has 0 bridgehead atoms. The summed E-state index contributed by atoms with van der Waals surface area (Å²) in [6.45, 7) is 6.09. The summed E-state index contributed by atoms with van der Waals surface area (Å²) in [5.74, 6) is -0.109. The molecular weight excluding hydrogens is 361 g/mol. The Morgan fingerprint density at radius 2 is 1.86 bits per heavy atom. The molecule has 0 radical (unpaired) electrons. The predicted molar refractivity (Wildman–Crippen MR) is 102 cm³/mol. The highest BCUT2D eigenvalue weighted by atomic mass is 19.1. The van der Waals surface area contributed by atoms with Crippen LogP contribution in [0, 0.1) is 17.7 Å². The lowest BCUT2D eigenvalue weighted by molar-refractivity contribution is -0.139. The quantitative estimate of drug-likeness (QED) is 0.808. The van der Waals surface area contributed by atoms with Crippen molar-refractivity contribution in [3.05, 3.63) is 35.6 Å². The van der Waals surface area contributed by atoms with E-state index in [9.17, 15) is 14.0 Å². The second-order valence-electron chi connectivity index (χ2n) is 8.39.